The number of pyridine rings is 1. The van der Waals surface area contributed by atoms with Crippen molar-refractivity contribution >= 4 is 39.3 Å². The van der Waals surface area contributed by atoms with Crippen LogP contribution in [0.2, 0.25) is 5.02 Å². The number of rotatable bonds is 3. The molecular formula is C18H19BrClN3O. The Morgan fingerprint density at radius 1 is 1.25 bits per heavy atom. The summed E-state index contributed by atoms with van der Waals surface area (Å²) in [5, 5.41) is 0.652. The molecule has 0 radical (unpaired) electrons. The predicted octanol–water partition coefficient (Wildman–Crippen LogP) is 3.70. The van der Waals surface area contributed by atoms with Crippen molar-refractivity contribution in [2.75, 3.05) is 31.1 Å². The van der Waals surface area contributed by atoms with Gasteiger partial charge >= 0.3 is 0 Å². The Morgan fingerprint density at radius 2 is 1.96 bits per heavy atom. The summed E-state index contributed by atoms with van der Waals surface area (Å²) >= 11 is 9.59. The number of aryl methyl sites for hydroxylation is 1. The third-order valence-electron chi connectivity index (χ3n) is 4.25. The Kier molecular flexibility index (Phi) is 5.41. The fraction of sp³-hybridized carbons (Fsp3) is 0.333. The zero-order valence-electron chi connectivity index (χ0n) is 13.5. The molecule has 0 bridgehead atoms. The molecule has 1 aromatic heterocycles. The maximum absolute atomic E-state index is 12.5. The molecule has 1 saturated heterocycles. The Labute approximate surface area is 155 Å². The van der Waals surface area contributed by atoms with Gasteiger partial charge in [0.05, 0.1) is 6.42 Å². The van der Waals surface area contributed by atoms with Crippen molar-refractivity contribution in [3.8, 4) is 0 Å². The van der Waals surface area contributed by atoms with Gasteiger partial charge in [0.1, 0.15) is 5.82 Å². The molecule has 1 aliphatic heterocycles. The van der Waals surface area contributed by atoms with E-state index < -0.39 is 0 Å². The summed E-state index contributed by atoms with van der Waals surface area (Å²) in [5.41, 5.74) is 2.03. The molecule has 24 heavy (non-hydrogen) atoms. The first-order chi connectivity index (χ1) is 11.5. The Morgan fingerprint density at radius 3 is 2.62 bits per heavy atom. The summed E-state index contributed by atoms with van der Waals surface area (Å²) in [6.07, 6.45) is 2.17. The van der Waals surface area contributed by atoms with Gasteiger partial charge in [-0.3, -0.25) is 4.79 Å². The molecule has 126 valence electrons. The van der Waals surface area contributed by atoms with Gasteiger partial charge in [-0.15, -0.1) is 0 Å². The average molecular weight is 409 g/mol. The van der Waals surface area contributed by atoms with Crippen molar-refractivity contribution in [1.82, 2.24) is 9.88 Å². The first kappa shape index (κ1) is 17.2. The minimum atomic E-state index is 0.128. The molecule has 1 fully saturated rings. The molecule has 3 rings (SSSR count). The third kappa shape index (κ3) is 3.90. The number of amides is 1. The first-order valence-electron chi connectivity index (χ1n) is 7.93. The fourth-order valence-electron chi connectivity index (χ4n) is 2.95. The summed E-state index contributed by atoms with van der Waals surface area (Å²) < 4.78 is 0.984. The maximum atomic E-state index is 12.5. The van der Waals surface area contributed by atoms with Crippen LogP contribution in [0.1, 0.15) is 11.1 Å². The quantitative estimate of drug-likeness (QED) is 0.777. The number of piperazine rings is 1. The molecule has 1 aromatic carbocycles. The molecule has 0 unspecified atom stereocenters. The summed E-state index contributed by atoms with van der Waals surface area (Å²) in [5.74, 6) is 1.12. The molecule has 0 N–H and O–H groups in total. The van der Waals surface area contributed by atoms with E-state index in [0.29, 0.717) is 24.5 Å². The van der Waals surface area contributed by atoms with E-state index >= 15 is 0 Å². The lowest BCUT2D eigenvalue weighted by molar-refractivity contribution is -0.130. The minimum Gasteiger partial charge on any atom is -0.353 e. The highest BCUT2D eigenvalue weighted by molar-refractivity contribution is 9.10. The standard InChI is InChI=1S/C18H19BrClN3O/c1-13-10-15(19)12-21-18(13)23-8-6-22(7-9-23)17(24)11-14-4-2-3-5-16(14)20/h2-5,10,12H,6-9,11H2,1H3. The van der Waals surface area contributed by atoms with Gasteiger partial charge in [-0.25, -0.2) is 4.98 Å². The van der Waals surface area contributed by atoms with E-state index in [2.05, 4.69) is 38.8 Å². The summed E-state index contributed by atoms with van der Waals surface area (Å²) in [6.45, 7) is 5.07. The van der Waals surface area contributed by atoms with E-state index in [1.807, 2.05) is 35.4 Å². The fourth-order valence-corrected chi connectivity index (χ4v) is 3.60. The van der Waals surface area contributed by atoms with Gasteiger partial charge in [0.15, 0.2) is 0 Å². The monoisotopic (exact) mass is 407 g/mol. The van der Waals surface area contributed by atoms with E-state index in [0.717, 1.165) is 34.5 Å². The zero-order valence-corrected chi connectivity index (χ0v) is 15.8. The minimum absolute atomic E-state index is 0.128. The number of aromatic nitrogens is 1. The topological polar surface area (TPSA) is 36.4 Å². The van der Waals surface area contributed by atoms with Crippen LogP contribution in [-0.4, -0.2) is 42.0 Å². The lowest BCUT2D eigenvalue weighted by Crippen LogP contribution is -2.49. The van der Waals surface area contributed by atoms with Gasteiger partial charge in [-0.2, -0.15) is 0 Å². The summed E-state index contributed by atoms with van der Waals surface area (Å²) in [7, 11) is 0. The number of nitrogens with zero attached hydrogens (tertiary/aromatic N) is 3. The van der Waals surface area contributed by atoms with Gasteiger partial charge in [-0.05, 0) is 46.1 Å². The van der Waals surface area contributed by atoms with Gasteiger partial charge < -0.3 is 9.80 Å². The number of hydrogen-bond donors (Lipinski definition) is 0. The molecule has 2 aromatic rings. The number of halogens is 2. The van der Waals surface area contributed by atoms with Crippen LogP contribution < -0.4 is 4.90 Å². The predicted molar refractivity (Wildman–Crippen MR) is 101 cm³/mol. The van der Waals surface area contributed by atoms with Crippen molar-refractivity contribution in [1.29, 1.82) is 0 Å². The van der Waals surface area contributed by atoms with Crippen LogP contribution in [0.3, 0.4) is 0 Å². The van der Waals surface area contributed by atoms with Crippen molar-refractivity contribution in [3.05, 3.63) is 57.2 Å². The number of anilines is 1. The number of carbonyl (C=O) groups is 1. The van der Waals surface area contributed by atoms with E-state index in [1.165, 1.54) is 0 Å². The van der Waals surface area contributed by atoms with E-state index in [1.54, 1.807) is 0 Å². The second-order valence-corrected chi connectivity index (χ2v) is 7.25. The highest BCUT2D eigenvalue weighted by Crippen LogP contribution is 2.22. The highest BCUT2D eigenvalue weighted by Gasteiger charge is 2.23. The van der Waals surface area contributed by atoms with Crippen LogP contribution in [0.4, 0.5) is 5.82 Å². The Balaban J connectivity index is 1.60. The first-order valence-corrected chi connectivity index (χ1v) is 9.10. The molecule has 0 saturated carbocycles. The molecule has 0 aliphatic carbocycles. The molecular weight excluding hydrogens is 390 g/mol. The van der Waals surface area contributed by atoms with E-state index in [9.17, 15) is 4.79 Å². The molecule has 0 atom stereocenters. The third-order valence-corrected chi connectivity index (χ3v) is 5.05. The molecule has 2 heterocycles. The Bertz CT molecular complexity index is 745. The van der Waals surface area contributed by atoms with Gasteiger partial charge in [-0.1, -0.05) is 29.8 Å². The average Bonchev–Trinajstić information content (AvgIpc) is 2.57. The van der Waals surface area contributed by atoms with Crippen molar-refractivity contribution in [2.45, 2.75) is 13.3 Å². The zero-order chi connectivity index (χ0) is 17.1. The van der Waals surface area contributed by atoms with Crippen molar-refractivity contribution < 1.29 is 4.79 Å². The van der Waals surface area contributed by atoms with Crippen LogP contribution in [0, 0.1) is 6.92 Å². The van der Waals surface area contributed by atoms with Crippen LogP contribution in [0.15, 0.2) is 41.0 Å². The summed E-state index contributed by atoms with van der Waals surface area (Å²) in [6, 6.07) is 9.59. The smallest absolute Gasteiger partial charge is 0.227 e. The molecule has 1 amide bonds. The molecule has 0 spiro atoms. The largest absolute Gasteiger partial charge is 0.353 e. The van der Waals surface area contributed by atoms with Crippen molar-refractivity contribution in [3.63, 3.8) is 0 Å². The maximum Gasteiger partial charge on any atom is 0.227 e. The van der Waals surface area contributed by atoms with Crippen LogP contribution in [-0.2, 0) is 11.2 Å². The van der Waals surface area contributed by atoms with Gasteiger partial charge in [0, 0.05) is 41.9 Å². The van der Waals surface area contributed by atoms with Crippen LogP contribution >= 0.6 is 27.5 Å². The number of carbonyl (C=O) groups excluding carboxylic acids is 1. The molecule has 6 heteroatoms. The van der Waals surface area contributed by atoms with Crippen molar-refractivity contribution in [2.24, 2.45) is 0 Å². The second-order valence-electron chi connectivity index (χ2n) is 5.93. The number of hydrogen-bond acceptors (Lipinski definition) is 3. The van der Waals surface area contributed by atoms with Crippen LogP contribution in [0.5, 0.6) is 0 Å². The van der Waals surface area contributed by atoms with E-state index in [4.69, 9.17) is 11.6 Å². The SMILES string of the molecule is Cc1cc(Br)cnc1N1CCN(C(=O)Cc2ccccc2Cl)CC1. The molecule has 4 nitrogen and oxygen atoms in total. The second kappa shape index (κ2) is 7.53. The lowest BCUT2D eigenvalue weighted by Gasteiger charge is -2.36. The number of benzene rings is 1. The Hall–Kier alpha value is -1.59. The normalized spacial score (nSPS) is 14.8. The van der Waals surface area contributed by atoms with E-state index in [-0.39, 0.29) is 5.91 Å². The summed E-state index contributed by atoms with van der Waals surface area (Å²) in [4.78, 5) is 21.2. The molecule has 1 aliphatic rings. The van der Waals surface area contributed by atoms with Gasteiger partial charge in [0.2, 0.25) is 5.91 Å². The van der Waals surface area contributed by atoms with Crippen LogP contribution in [0.25, 0.3) is 0 Å². The van der Waals surface area contributed by atoms with Gasteiger partial charge in [0.25, 0.3) is 0 Å². The highest BCUT2D eigenvalue weighted by atomic mass is 79.9. The lowest BCUT2D eigenvalue weighted by atomic mass is 10.1.